The molecule has 6 heteroatoms. The summed E-state index contributed by atoms with van der Waals surface area (Å²) >= 11 is 3.32. The van der Waals surface area contributed by atoms with Gasteiger partial charge in [-0.1, -0.05) is 22.0 Å². The second-order valence-electron chi connectivity index (χ2n) is 4.74. The van der Waals surface area contributed by atoms with Crippen LogP contribution in [0.1, 0.15) is 22.8 Å². The molecule has 0 bridgehead atoms. The van der Waals surface area contributed by atoms with E-state index in [0.717, 1.165) is 10.0 Å². The lowest BCUT2D eigenvalue weighted by atomic mass is 10.1. The summed E-state index contributed by atoms with van der Waals surface area (Å²) in [5, 5.41) is 0. The highest BCUT2D eigenvalue weighted by Gasteiger charge is 2.36. The Bertz CT molecular complexity index is 678. The van der Waals surface area contributed by atoms with Crippen molar-refractivity contribution in [2.45, 2.75) is 13.8 Å². The number of fused-ring (bicyclic) bond motifs is 1. The van der Waals surface area contributed by atoms with E-state index in [0.29, 0.717) is 16.8 Å². The summed E-state index contributed by atoms with van der Waals surface area (Å²) in [5.41, 5.74) is 2.20. The fraction of sp³-hybridized carbons (Fsp3) is 0.267. The number of hydrogen-bond donors (Lipinski definition) is 0. The van der Waals surface area contributed by atoms with E-state index in [2.05, 4.69) is 20.7 Å². The molecule has 0 spiro atoms. The quantitative estimate of drug-likeness (QED) is 0.476. The normalized spacial score (nSPS) is 14.5. The van der Waals surface area contributed by atoms with Gasteiger partial charge >= 0.3 is 5.97 Å². The minimum atomic E-state index is -0.583. The Morgan fingerprint density at radius 3 is 2.67 bits per heavy atom. The number of esters is 1. The van der Waals surface area contributed by atoms with Crippen molar-refractivity contribution in [3.8, 4) is 0 Å². The van der Waals surface area contributed by atoms with Crippen molar-refractivity contribution in [1.82, 2.24) is 0 Å². The molecular weight excluding hydrogens is 338 g/mol. The van der Waals surface area contributed by atoms with E-state index < -0.39 is 17.7 Å². The molecule has 1 aliphatic heterocycles. The molecule has 0 saturated heterocycles. The average molecular weight is 352 g/mol. The number of aryl methyl sites for hydroxylation is 1. The zero-order chi connectivity index (χ0) is 15.7. The van der Waals surface area contributed by atoms with Crippen molar-refractivity contribution in [3.63, 3.8) is 0 Å². The minimum absolute atomic E-state index is 0.154. The van der Waals surface area contributed by atoms with Gasteiger partial charge in [0.2, 0.25) is 0 Å². The Morgan fingerprint density at radius 1 is 1.38 bits per heavy atom. The largest absolute Gasteiger partial charge is 0.466 e. The number of anilines is 1. The summed E-state index contributed by atoms with van der Waals surface area (Å²) in [4.78, 5) is 36.8. The van der Waals surface area contributed by atoms with Gasteiger partial charge in [0.15, 0.2) is 0 Å². The van der Waals surface area contributed by atoms with Crippen LogP contribution in [-0.4, -0.2) is 31.3 Å². The number of Topliss-reactive ketones (excluding diaryl/α,β-unsaturated/α-hetero) is 1. The number of benzene rings is 1. The van der Waals surface area contributed by atoms with Crippen LogP contribution < -0.4 is 4.90 Å². The molecule has 1 aliphatic rings. The first-order valence-corrected chi connectivity index (χ1v) is 7.07. The molecule has 1 aromatic rings. The summed E-state index contributed by atoms with van der Waals surface area (Å²) in [6.07, 6.45) is 1.58. The van der Waals surface area contributed by atoms with Gasteiger partial charge in [-0.25, -0.2) is 4.79 Å². The van der Waals surface area contributed by atoms with Crippen molar-refractivity contribution in [2.24, 2.45) is 0 Å². The SMILES string of the molecule is COC(=O)C(C)=CCN1C(=O)C(=O)c2cc(Br)cc(C)c21. The van der Waals surface area contributed by atoms with Gasteiger partial charge < -0.3 is 9.64 Å². The molecule has 1 aromatic carbocycles. The molecule has 2 rings (SSSR count). The van der Waals surface area contributed by atoms with Crippen molar-refractivity contribution < 1.29 is 19.1 Å². The summed E-state index contributed by atoms with van der Waals surface area (Å²) < 4.78 is 5.35. The third-order valence-electron chi connectivity index (χ3n) is 3.31. The lowest BCUT2D eigenvalue weighted by Crippen LogP contribution is -2.30. The molecule has 110 valence electrons. The van der Waals surface area contributed by atoms with Gasteiger partial charge in [-0.15, -0.1) is 0 Å². The van der Waals surface area contributed by atoms with Gasteiger partial charge in [0.05, 0.1) is 18.4 Å². The Kier molecular flexibility index (Phi) is 4.27. The van der Waals surface area contributed by atoms with Crippen molar-refractivity contribution in [2.75, 3.05) is 18.6 Å². The summed E-state index contributed by atoms with van der Waals surface area (Å²) in [5.74, 6) is -1.57. The Hall–Kier alpha value is -1.95. The predicted molar refractivity (Wildman–Crippen MR) is 81.3 cm³/mol. The first-order chi connectivity index (χ1) is 9.86. The minimum Gasteiger partial charge on any atom is -0.466 e. The molecule has 0 unspecified atom stereocenters. The monoisotopic (exact) mass is 351 g/mol. The van der Waals surface area contributed by atoms with Gasteiger partial charge in [0.1, 0.15) is 0 Å². The standard InChI is InChI=1S/C15H14BrNO4/c1-8(15(20)21-3)4-5-17-12-9(2)6-10(16)7-11(12)13(18)14(17)19/h4,6-7H,5H2,1-3H3. The highest BCUT2D eigenvalue weighted by molar-refractivity contribution is 9.10. The van der Waals surface area contributed by atoms with E-state index >= 15 is 0 Å². The van der Waals surface area contributed by atoms with Crippen molar-refractivity contribution >= 4 is 39.3 Å². The first kappa shape index (κ1) is 15.4. The third-order valence-corrected chi connectivity index (χ3v) is 3.76. The second-order valence-corrected chi connectivity index (χ2v) is 5.66. The van der Waals surface area contributed by atoms with Gasteiger partial charge in [-0.3, -0.25) is 9.59 Å². The molecule has 21 heavy (non-hydrogen) atoms. The number of halogens is 1. The van der Waals surface area contributed by atoms with Crippen LogP contribution in [0.4, 0.5) is 5.69 Å². The predicted octanol–water partition coefficient (Wildman–Crippen LogP) is 2.41. The molecule has 1 heterocycles. The van der Waals surface area contributed by atoms with Crippen LogP contribution in [0, 0.1) is 6.92 Å². The lowest BCUT2D eigenvalue weighted by Gasteiger charge is -2.17. The van der Waals surface area contributed by atoms with Crippen molar-refractivity contribution in [3.05, 3.63) is 39.4 Å². The van der Waals surface area contributed by atoms with Crippen molar-refractivity contribution in [1.29, 1.82) is 0 Å². The van der Waals surface area contributed by atoms with Gasteiger partial charge in [-0.2, -0.15) is 0 Å². The Balaban J connectivity index is 2.38. The molecule has 0 aromatic heterocycles. The van der Waals surface area contributed by atoms with Crippen LogP contribution in [0.25, 0.3) is 0 Å². The molecule has 1 amide bonds. The third kappa shape index (κ3) is 2.76. The smallest absolute Gasteiger partial charge is 0.333 e. The molecule has 0 fully saturated rings. The first-order valence-electron chi connectivity index (χ1n) is 6.28. The Labute approximate surface area is 130 Å². The van der Waals surface area contributed by atoms with Crippen LogP contribution in [-0.2, 0) is 14.3 Å². The number of carbonyl (C=O) groups is 3. The fourth-order valence-corrected chi connectivity index (χ4v) is 2.83. The van der Waals surface area contributed by atoms with E-state index in [9.17, 15) is 14.4 Å². The van der Waals surface area contributed by atoms with E-state index in [4.69, 9.17) is 0 Å². The summed E-state index contributed by atoms with van der Waals surface area (Å²) in [7, 11) is 1.29. The second kappa shape index (κ2) is 5.81. The van der Waals surface area contributed by atoms with E-state index in [1.807, 2.05) is 13.0 Å². The maximum absolute atomic E-state index is 12.1. The maximum Gasteiger partial charge on any atom is 0.333 e. The summed E-state index contributed by atoms with van der Waals surface area (Å²) in [6, 6.07) is 3.48. The number of rotatable bonds is 3. The zero-order valence-corrected chi connectivity index (χ0v) is 13.5. The topological polar surface area (TPSA) is 63.7 Å². The fourth-order valence-electron chi connectivity index (χ4n) is 2.25. The lowest BCUT2D eigenvalue weighted by molar-refractivity contribution is -0.136. The number of nitrogens with zero attached hydrogens (tertiary/aromatic N) is 1. The highest BCUT2D eigenvalue weighted by atomic mass is 79.9. The molecule has 0 N–H and O–H groups in total. The number of ketones is 1. The Morgan fingerprint density at radius 2 is 2.05 bits per heavy atom. The zero-order valence-electron chi connectivity index (χ0n) is 11.9. The summed E-state index contributed by atoms with van der Waals surface area (Å²) in [6.45, 7) is 3.59. The molecule has 0 atom stereocenters. The van der Waals surface area contributed by atoms with Crippen LogP contribution in [0.15, 0.2) is 28.3 Å². The number of methoxy groups -OCH3 is 1. The van der Waals surface area contributed by atoms with Crippen LogP contribution >= 0.6 is 15.9 Å². The molecule has 5 nitrogen and oxygen atoms in total. The number of hydrogen-bond acceptors (Lipinski definition) is 4. The van der Waals surface area contributed by atoms with E-state index in [1.165, 1.54) is 12.0 Å². The van der Waals surface area contributed by atoms with Gasteiger partial charge in [-0.05, 0) is 31.5 Å². The average Bonchev–Trinajstić information content (AvgIpc) is 2.68. The maximum atomic E-state index is 12.1. The molecule has 0 saturated carbocycles. The van der Waals surface area contributed by atoms with Gasteiger partial charge in [0, 0.05) is 16.6 Å². The number of carbonyl (C=O) groups excluding carboxylic acids is 3. The molecule has 0 radical (unpaired) electrons. The highest BCUT2D eigenvalue weighted by Crippen LogP contribution is 2.34. The van der Waals surface area contributed by atoms with Crippen LogP contribution in [0.2, 0.25) is 0 Å². The molecular formula is C15H14BrNO4. The van der Waals surface area contributed by atoms with Crippen LogP contribution in [0.3, 0.4) is 0 Å². The van der Waals surface area contributed by atoms with E-state index in [-0.39, 0.29) is 6.54 Å². The van der Waals surface area contributed by atoms with E-state index in [1.54, 1.807) is 19.1 Å². The van der Waals surface area contributed by atoms with Gasteiger partial charge in [0.25, 0.3) is 11.7 Å². The van der Waals surface area contributed by atoms with Crippen LogP contribution in [0.5, 0.6) is 0 Å². The molecule has 0 aliphatic carbocycles. The number of ether oxygens (including phenoxy) is 1. The number of amides is 1.